The van der Waals surface area contributed by atoms with Gasteiger partial charge < -0.3 is 34.1 Å². The summed E-state index contributed by atoms with van der Waals surface area (Å²) < 4.78 is 50.3. The molecular formula is C37H51N9O7S. The van der Waals surface area contributed by atoms with Gasteiger partial charge in [-0.15, -0.1) is 0 Å². The van der Waals surface area contributed by atoms with Gasteiger partial charge >= 0.3 is 6.09 Å². The molecule has 0 aliphatic carbocycles. The first-order valence-corrected chi connectivity index (χ1v) is 19.7. The van der Waals surface area contributed by atoms with Crippen LogP contribution in [0.1, 0.15) is 65.6 Å². The maximum atomic E-state index is 13.9. The molecule has 1 amide bonds. The van der Waals surface area contributed by atoms with Crippen LogP contribution < -0.4 is 19.7 Å². The van der Waals surface area contributed by atoms with Crippen molar-refractivity contribution in [3.63, 3.8) is 0 Å². The number of aromatic nitrogens is 6. The Morgan fingerprint density at radius 3 is 2.33 bits per heavy atom. The molecule has 0 bridgehead atoms. The number of rotatable bonds is 10. The number of aromatic amines is 1. The number of benzene rings is 1. The number of hydrogen-bond donors (Lipinski definition) is 2. The van der Waals surface area contributed by atoms with Gasteiger partial charge in [-0.3, -0.25) is 5.10 Å². The van der Waals surface area contributed by atoms with Gasteiger partial charge in [-0.05, 0) is 80.2 Å². The van der Waals surface area contributed by atoms with E-state index in [0.717, 1.165) is 24.1 Å². The number of H-pyrrole nitrogens is 1. The largest absolute Gasteiger partial charge is 0.492 e. The Balaban J connectivity index is 1.06. The molecule has 5 heterocycles. The van der Waals surface area contributed by atoms with Crippen LogP contribution in [0.3, 0.4) is 0 Å². The number of nitrogens with zero attached hydrogens (tertiary/aromatic N) is 7. The topological polar surface area (TPSA) is 187 Å². The van der Waals surface area contributed by atoms with E-state index in [9.17, 15) is 13.2 Å². The lowest BCUT2D eigenvalue weighted by Gasteiger charge is -2.34. The predicted molar refractivity (Wildman–Crippen MR) is 203 cm³/mol. The number of hydrogen-bond acceptors (Lipinski definition) is 14. The number of anilines is 3. The van der Waals surface area contributed by atoms with Crippen LogP contribution in [-0.4, -0.2) is 112 Å². The van der Waals surface area contributed by atoms with Crippen molar-refractivity contribution in [2.24, 2.45) is 5.92 Å². The fourth-order valence-corrected chi connectivity index (χ4v) is 7.41. The number of morpholine rings is 1. The van der Waals surface area contributed by atoms with Gasteiger partial charge in [0.1, 0.15) is 41.1 Å². The van der Waals surface area contributed by atoms with Crippen LogP contribution >= 0.6 is 0 Å². The number of piperidine rings is 1. The van der Waals surface area contributed by atoms with Crippen LogP contribution in [0.4, 0.5) is 22.4 Å². The zero-order chi connectivity index (χ0) is 38.8. The normalized spacial score (nSPS) is 17.4. The SMILES string of the molecule is Cc1[nH]nc(Nc2ncnc3cc(OCC4CCN(c5ncc(OCC6CN(C(=O)OC(C)(C)C)CCO6)cn5)CC4)c(S(=O)(=O)C(C)(C)C)cc23)c1C. The highest BCUT2D eigenvalue weighted by Gasteiger charge is 2.35. The Hall–Kier alpha value is -4.77. The second kappa shape index (κ2) is 15.5. The molecule has 2 fully saturated rings. The minimum atomic E-state index is -3.81. The first kappa shape index (κ1) is 38.9. The first-order chi connectivity index (χ1) is 25.5. The van der Waals surface area contributed by atoms with Crippen molar-refractivity contribution in [1.82, 2.24) is 35.0 Å². The Morgan fingerprint density at radius 1 is 0.963 bits per heavy atom. The van der Waals surface area contributed by atoms with Crippen LogP contribution in [0.2, 0.25) is 0 Å². The van der Waals surface area contributed by atoms with Crippen molar-refractivity contribution < 1.29 is 32.2 Å². The summed E-state index contributed by atoms with van der Waals surface area (Å²) in [7, 11) is -3.81. The predicted octanol–water partition coefficient (Wildman–Crippen LogP) is 5.39. The molecule has 16 nitrogen and oxygen atoms in total. The van der Waals surface area contributed by atoms with E-state index in [0.29, 0.717) is 73.6 Å². The highest BCUT2D eigenvalue weighted by molar-refractivity contribution is 7.92. The Kier molecular flexibility index (Phi) is 11.2. The highest BCUT2D eigenvalue weighted by atomic mass is 32.2. The summed E-state index contributed by atoms with van der Waals surface area (Å²) in [6, 6.07) is 3.30. The van der Waals surface area contributed by atoms with E-state index in [1.807, 2.05) is 34.6 Å². The number of fused-ring (bicyclic) bond motifs is 1. The monoisotopic (exact) mass is 765 g/mol. The number of ether oxygens (including phenoxy) is 4. The van der Waals surface area contributed by atoms with E-state index >= 15 is 0 Å². The molecule has 3 aromatic heterocycles. The molecule has 2 N–H and O–H groups in total. The molecule has 1 aromatic carbocycles. The molecule has 54 heavy (non-hydrogen) atoms. The maximum Gasteiger partial charge on any atom is 0.410 e. The summed E-state index contributed by atoms with van der Waals surface area (Å²) in [5, 5.41) is 11.1. The van der Waals surface area contributed by atoms with E-state index in [1.165, 1.54) is 6.33 Å². The third-order valence-electron chi connectivity index (χ3n) is 9.50. The van der Waals surface area contributed by atoms with Crippen LogP contribution in [0.15, 0.2) is 35.7 Å². The zero-order valence-electron chi connectivity index (χ0n) is 32.3. The molecule has 0 spiro atoms. The summed E-state index contributed by atoms with van der Waals surface area (Å²) in [6.45, 7) is 17.7. The smallest absolute Gasteiger partial charge is 0.410 e. The number of aryl methyl sites for hydroxylation is 1. The molecule has 17 heteroatoms. The van der Waals surface area contributed by atoms with E-state index in [-0.39, 0.29) is 35.4 Å². The minimum Gasteiger partial charge on any atom is -0.492 e. The number of amides is 1. The molecular weight excluding hydrogens is 715 g/mol. The quantitative estimate of drug-likeness (QED) is 0.209. The molecule has 0 saturated carbocycles. The highest BCUT2D eigenvalue weighted by Crippen LogP contribution is 2.38. The average molecular weight is 766 g/mol. The van der Waals surface area contributed by atoms with Crippen LogP contribution in [0.5, 0.6) is 11.5 Å². The fourth-order valence-electron chi connectivity index (χ4n) is 6.09. The molecule has 2 aliphatic heterocycles. The second-order valence-corrected chi connectivity index (χ2v) is 18.5. The van der Waals surface area contributed by atoms with Gasteiger partial charge in [-0.25, -0.2) is 33.1 Å². The molecule has 292 valence electrons. The summed E-state index contributed by atoms with van der Waals surface area (Å²) in [5.74, 6) is 2.62. The molecule has 1 atom stereocenters. The van der Waals surface area contributed by atoms with Crippen molar-refractivity contribution in [2.45, 2.75) is 89.6 Å². The van der Waals surface area contributed by atoms with Crippen LogP contribution in [0, 0.1) is 19.8 Å². The first-order valence-electron chi connectivity index (χ1n) is 18.2. The summed E-state index contributed by atoms with van der Waals surface area (Å²) in [6.07, 6.45) is 5.68. The van der Waals surface area contributed by atoms with E-state index in [4.69, 9.17) is 18.9 Å². The van der Waals surface area contributed by atoms with Crippen molar-refractivity contribution in [3.8, 4) is 11.5 Å². The molecule has 2 aliphatic rings. The lowest BCUT2D eigenvalue weighted by atomic mass is 9.98. The van der Waals surface area contributed by atoms with Crippen molar-refractivity contribution >= 4 is 44.4 Å². The van der Waals surface area contributed by atoms with E-state index < -0.39 is 20.2 Å². The van der Waals surface area contributed by atoms with Crippen molar-refractivity contribution in [1.29, 1.82) is 0 Å². The lowest BCUT2D eigenvalue weighted by molar-refractivity contribution is -0.0557. The van der Waals surface area contributed by atoms with E-state index in [1.54, 1.807) is 50.2 Å². The average Bonchev–Trinajstić information content (AvgIpc) is 3.44. The van der Waals surface area contributed by atoms with Crippen molar-refractivity contribution in [2.75, 3.05) is 56.2 Å². The zero-order valence-corrected chi connectivity index (χ0v) is 33.1. The van der Waals surface area contributed by atoms with Crippen LogP contribution in [-0.2, 0) is 19.3 Å². The van der Waals surface area contributed by atoms with Crippen LogP contribution in [0.25, 0.3) is 10.9 Å². The molecule has 2 saturated heterocycles. The van der Waals surface area contributed by atoms with Gasteiger partial charge in [0.05, 0.1) is 42.4 Å². The van der Waals surface area contributed by atoms with Gasteiger partial charge in [-0.2, -0.15) is 5.10 Å². The standard InChI is InChI=1S/C37H51N9O7S/c1-23-24(2)43-44-32(23)42-33-28-15-31(54(48,49)37(6,7)8)30(16-29(28)40-22-41-33)52-20-25-9-11-45(12-10-25)34-38-17-26(18-39-34)51-21-27-19-46(13-14-50-27)35(47)53-36(3,4)5/h15-18,22,25,27H,9-14,19-21H2,1-8H3,(H2,40,41,42,43,44). The number of carbonyl (C=O) groups is 1. The van der Waals surface area contributed by atoms with Gasteiger partial charge in [0.2, 0.25) is 5.95 Å². The Morgan fingerprint density at radius 2 is 1.69 bits per heavy atom. The summed E-state index contributed by atoms with van der Waals surface area (Å²) in [4.78, 5) is 34.3. The fraction of sp³-hybridized carbons (Fsp3) is 0.568. The summed E-state index contributed by atoms with van der Waals surface area (Å²) in [5.41, 5.74) is 1.84. The number of sulfone groups is 1. The third kappa shape index (κ3) is 8.94. The van der Waals surface area contributed by atoms with Gasteiger partial charge in [0.25, 0.3) is 0 Å². The molecule has 4 aromatic rings. The lowest BCUT2D eigenvalue weighted by Crippen LogP contribution is -2.49. The van der Waals surface area contributed by atoms with Gasteiger partial charge in [0, 0.05) is 42.3 Å². The number of carbonyl (C=O) groups excluding carboxylic acids is 1. The number of nitrogens with one attached hydrogen (secondary N) is 2. The van der Waals surface area contributed by atoms with Gasteiger partial charge in [-0.1, -0.05) is 0 Å². The second-order valence-electron chi connectivity index (χ2n) is 15.8. The molecule has 0 radical (unpaired) electrons. The maximum absolute atomic E-state index is 13.9. The van der Waals surface area contributed by atoms with E-state index in [2.05, 4.69) is 40.3 Å². The summed E-state index contributed by atoms with van der Waals surface area (Å²) >= 11 is 0. The van der Waals surface area contributed by atoms with Gasteiger partial charge in [0.15, 0.2) is 21.4 Å². The Labute approximate surface area is 316 Å². The third-order valence-corrected chi connectivity index (χ3v) is 12.0. The minimum absolute atomic E-state index is 0.0961. The Bertz CT molecular complexity index is 2050. The molecule has 1 unspecified atom stereocenters. The molecule has 6 rings (SSSR count). The van der Waals surface area contributed by atoms with Crippen molar-refractivity contribution in [3.05, 3.63) is 42.1 Å².